The van der Waals surface area contributed by atoms with E-state index in [-0.39, 0.29) is 0 Å². The molecule has 0 amide bonds. The zero-order valence-electron chi connectivity index (χ0n) is 11.9. The normalized spacial score (nSPS) is 13.8. The Morgan fingerprint density at radius 3 is 2.71 bits per heavy atom. The first kappa shape index (κ1) is 13.8. The molecule has 0 spiro atoms. The van der Waals surface area contributed by atoms with Crippen molar-refractivity contribution in [3.8, 4) is 6.07 Å². The topological polar surface area (TPSA) is 61.6 Å². The predicted octanol–water partition coefficient (Wildman–Crippen LogP) is 4.24. The summed E-state index contributed by atoms with van der Waals surface area (Å²) < 4.78 is 0. The molecule has 2 aromatic rings. The van der Waals surface area contributed by atoms with Gasteiger partial charge in [0.25, 0.3) is 0 Å². The van der Waals surface area contributed by atoms with Crippen LogP contribution >= 0.6 is 11.6 Å². The van der Waals surface area contributed by atoms with E-state index in [0.29, 0.717) is 22.5 Å². The van der Waals surface area contributed by atoms with E-state index in [1.807, 2.05) is 32.0 Å². The van der Waals surface area contributed by atoms with Crippen LogP contribution in [0.1, 0.15) is 41.3 Å². The summed E-state index contributed by atoms with van der Waals surface area (Å²) in [6.45, 7) is 3.79. The number of hydrogen-bond donors (Lipinski definition) is 1. The standard InChI is InChI=1S/C16H15ClN4/c1-9-4-3-5-13(12(9)8-18)19-15-10(2)14(17)20-16(21-15)11-6-7-11/h3-5,11H,6-7H2,1-2H3,(H,19,20,21). The summed E-state index contributed by atoms with van der Waals surface area (Å²) in [4.78, 5) is 8.93. The van der Waals surface area contributed by atoms with Crippen LogP contribution in [0.15, 0.2) is 18.2 Å². The minimum atomic E-state index is 0.427. The lowest BCUT2D eigenvalue weighted by atomic mass is 10.1. The smallest absolute Gasteiger partial charge is 0.138 e. The van der Waals surface area contributed by atoms with Crippen molar-refractivity contribution < 1.29 is 0 Å². The van der Waals surface area contributed by atoms with Crippen molar-refractivity contribution in [2.75, 3.05) is 5.32 Å². The fraction of sp³-hybridized carbons (Fsp3) is 0.312. The molecule has 1 fully saturated rings. The number of nitrogens with one attached hydrogen (secondary N) is 1. The molecule has 106 valence electrons. The Hall–Kier alpha value is -2.12. The molecule has 1 N–H and O–H groups in total. The van der Waals surface area contributed by atoms with Gasteiger partial charge in [0.05, 0.1) is 11.3 Å². The van der Waals surface area contributed by atoms with Crippen molar-refractivity contribution in [1.29, 1.82) is 5.26 Å². The van der Waals surface area contributed by atoms with Crippen molar-refractivity contribution in [2.24, 2.45) is 0 Å². The first-order chi connectivity index (χ1) is 10.1. The van der Waals surface area contributed by atoms with Gasteiger partial charge in [-0.05, 0) is 38.3 Å². The molecule has 3 rings (SSSR count). The van der Waals surface area contributed by atoms with E-state index < -0.39 is 0 Å². The van der Waals surface area contributed by atoms with E-state index in [1.54, 1.807) is 0 Å². The Morgan fingerprint density at radius 2 is 2.05 bits per heavy atom. The number of aromatic nitrogens is 2. The quantitative estimate of drug-likeness (QED) is 0.861. The third-order valence-electron chi connectivity index (χ3n) is 3.68. The van der Waals surface area contributed by atoms with Crippen molar-refractivity contribution in [2.45, 2.75) is 32.6 Å². The van der Waals surface area contributed by atoms with Crippen LogP contribution in [0.2, 0.25) is 5.15 Å². The van der Waals surface area contributed by atoms with E-state index in [4.69, 9.17) is 11.6 Å². The number of nitrogens with zero attached hydrogens (tertiary/aromatic N) is 3. The molecule has 0 saturated heterocycles. The van der Waals surface area contributed by atoms with Crippen molar-refractivity contribution in [3.63, 3.8) is 0 Å². The van der Waals surface area contributed by atoms with Crippen molar-refractivity contribution in [3.05, 3.63) is 45.9 Å². The lowest BCUT2D eigenvalue weighted by Gasteiger charge is -2.13. The Labute approximate surface area is 128 Å². The van der Waals surface area contributed by atoms with Crippen LogP contribution in [0.5, 0.6) is 0 Å². The largest absolute Gasteiger partial charge is 0.339 e. The number of anilines is 2. The Bertz CT molecular complexity index is 745. The molecule has 21 heavy (non-hydrogen) atoms. The second kappa shape index (κ2) is 5.34. The summed E-state index contributed by atoms with van der Waals surface area (Å²) in [6, 6.07) is 7.93. The van der Waals surface area contributed by atoms with Crippen LogP contribution in [0.25, 0.3) is 0 Å². The zero-order valence-corrected chi connectivity index (χ0v) is 12.7. The Kier molecular flexibility index (Phi) is 3.52. The summed E-state index contributed by atoms with van der Waals surface area (Å²) in [5, 5.41) is 13.0. The second-order valence-corrected chi connectivity index (χ2v) is 5.71. The monoisotopic (exact) mass is 298 g/mol. The zero-order chi connectivity index (χ0) is 15.0. The molecule has 1 aromatic heterocycles. The summed E-state index contributed by atoms with van der Waals surface area (Å²) in [7, 11) is 0. The van der Waals surface area contributed by atoms with Gasteiger partial charge in [0.1, 0.15) is 22.9 Å². The number of aryl methyl sites for hydroxylation is 1. The van der Waals surface area contributed by atoms with Gasteiger partial charge in [0, 0.05) is 11.5 Å². The summed E-state index contributed by atoms with van der Waals surface area (Å²) >= 11 is 6.21. The maximum absolute atomic E-state index is 9.31. The van der Waals surface area contributed by atoms with E-state index in [9.17, 15) is 5.26 Å². The molecular formula is C16H15ClN4. The van der Waals surface area contributed by atoms with Crippen LogP contribution in [0, 0.1) is 25.2 Å². The van der Waals surface area contributed by atoms with Crippen LogP contribution in [-0.2, 0) is 0 Å². The van der Waals surface area contributed by atoms with Gasteiger partial charge in [0.15, 0.2) is 0 Å². The van der Waals surface area contributed by atoms with Crippen LogP contribution < -0.4 is 5.32 Å². The highest BCUT2D eigenvalue weighted by atomic mass is 35.5. The van der Waals surface area contributed by atoms with Gasteiger partial charge in [-0.3, -0.25) is 0 Å². The van der Waals surface area contributed by atoms with Gasteiger partial charge < -0.3 is 5.32 Å². The minimum Gasteiger partial charge on any atom is -0.339 e. The van der Waals surface area contributed by atoms with Crippen molar-refractivity contribution >= 4 is 23.1 Å². The third-order valence-corrected chi connectivity index (χ3v) is 4.05. The number of rotatable bonds is 3. The van der Waals surface area contributed by atoms with Gasteiger partial charge in [-0.25, -0.2) is 9.97 Å². The van der Waals surface area contributed by atoms with E-state index in [0.717, 1.165) is 35.5 Å². The van der Waals surface area contributed by atoms with Crippen LogP contribution in [0.4, 0.5) is 11.5 Å². The minimum absolute atomic E-state index is 0.427. The molecule has 1 saturated carbocycles. The Balaban J connectivity index is 2.02. The predicted molar refractivity (Wildman–Crippen MR) is 82.9 cm³/mol. The molecule has 0 aliphatic heterocycles. The van der Waals surface area contributed by atoms with Gasteiger partial charge in [-0.15, -0.1) is 0 Å². The number of halogens is 1. The number of benzene rings is 1. The highest BCUT2D eigenvalue weighted by Crippen LogP contribution is 2.39. The molecule has 4 nitrogen and oxygen atoms in total. The molecule has 1 aliphatic rings. The lowest BCUT2D eigenvalue weighted by molar-refractivity contribution is 0.922. The number of nitriles is 1. The molecule has 1 aromatic carbocycles. The van der Waals surface area contributed by atoms with Crippen LogP contribution in [-0.4, -0.2) is 9.97 Å². The second-order valence-electron chi connectivity index (χ2n) is 5.35. The Morgan fingerprint density at radius 1 is 1.29 bits per heavy atom. The molecule has 0 unspecified atom stereocenters. The average molecular weight is 299 g/mol. The fourth-order valence-corrected chi connectivity index (χ4v) is 2.38. The van der Waals surface area contributed by atoms with E-state index in [2.05, 4.69) is 21.4 Å². The van der Waals surface area contributed by atoms with E-state index in [1.165, 1.54) is 0 Å². The molecule has 0 bridgehead atoms. The maximum Gasteiger partial charge on any atom is 0.138 e. The van der Waals surface area contributed by atoms with Crippen LogP contribution in [0.3, 0.4) is 0 Å². The third kappa shape index (κ3) is 2.70. The van der Waals surface area contributed by atoms with Gasteiger partial charge in [-0.2, -0.15) is 5.26 Å². The SMILES string of the molecule is Cc1cccc(Nc2nc(C3CC3)nc(Cl)c2C)c1C#N. The molecule has 0 atom stereocenters. The lowest BCUT2D eigenvalue weighted by Crippen LogP contribution is -2.04. The maximum atomic E-state index is 9.31. The first-order valence-electron chi connectivity index (χ1n) is 6.91. The first-order valence-corrected chi connectivity index (χ1v) is 7.28. The summed E-state index contributed by atoms with van der Waals surface area (Å²) in [5.74, 6) is 1.90. The van der Waals surface area contributed by atoms with E-state index >= 15 is 0 Å². The number of hydrogen-bond acceptors (Lipinski definition) is 4. The van der Waals surface area contributed by atoms with Gasteiger partial charge >= 0.3 is 0 Å². The summed E-state index contributed by atoms with van der Waals surface area (Å²) in [5.41, 5.74) is 3.10. The molecule has 5 heteroatoms. The molecule has 1 heterocycles. The highest BCUT2D eigenvalue weighted by Gasteiger charge is 2.28. The van der Waals surface area contributed by atoms with Gasteiger partial charge in [0.2, 0.25) is 0 Å². The highest BCUT2D eigenvalue weighted by molar-refractivity contribution is 6.30. The average Bonchev–Trinajstić information content (AvgIpc) is 3.28. The van der Waals surface area contributed by atoms with Crippen molar-refractivity contribution in [1.82, 2.24) is 9.97 Å². The molecule has 0 radical (unpaired) electrons. The molecule has 1 aliphatic carbocycles. The molecular weight excluding hydrogens is 284 g/mol. The summed E-state index contributed by atoms with van der Waals surface area (Å²) in [6.07, 6.45) is 2.24. The van der Waals surface area contributed by atoms with Gasteiger partial charge in [-0.1, -0.05) is 23.7 Å². The fourth-order valence-electron chi connectivity index (χ4n) is 2.20.